The molecule has 0 aromatic heterocycles. The second-order valence-corrected chi connectivity index (χ2v) is 11.6. The van der Waals surface area contributed by atoms with Crippen molar-refractivity contribution in [1.29, 1.82) is 0 Å². The number of benzene rings is 2. The fourth-order valence-corrected chi connectivity index (χ4v) is 5.37. The fourth-order valence-electron chi connectivity index (χ4n) is 4.46. The summed E-state index contributed by atoms with van der Waals surface area (Å²) < 4.78 is 26.5. The summed E-state index contributed by atoms with van der Waals surface area (Å²) in [5.41, 5.74) is 1.42. The molecule has 14 heteroatoms. The molecule has 3 rings (SSSR count). The van der Waals surface area contributed by atoms with E-state index in [1.54, 1.807) is 54.6 Å². The number of carbonyl (C=O) groups is 6. The molecule has 6 atom stereocenters. The Morgan fingerprint density at radius 1 is 0.778 bits per heavy atom. The maximum absolute atomic E-state index is 13.3. The van der Waals surface area contributed by atoms with Gasteiger partial charge in [-0.05, 0) is 11.1 Å². The van der Waals surface area contributed by atoms with Crippen molar-refractivity contribution in [3.05, 3.63) is 71.8 Å². The summed E-state index contributed by atoms with van der Waals surface area (Å²) in [7, 11) is 0. The molecule has 2 N–H and O–H groups in total. The van der Waals surface area contributed by atoms with E-state index in [4.69, 9.17) is 23.7 Å². The number of hydrogen-bond donors (Lipinski definition) is 2. The molecule has 2 amide bonds. The summed E-state index contributed by atoms with van der Waals surface area (Å²) in [6.45, 7) is 3.06. The third-order valence-corrected chi connectivity index (χ3v) is 7.78. The molecular weight excluding hydrogens is 703 g/mol. The van der Waals surface area contributed by atoms with Gasteiger partial charge >= 0.3 is 23.9 Å². The van der Waals surface area contributed by atoms with Crippen LogP contribution in [0.3, 0.4) is 0 Å². The predicted octanol–water partition coefficient (Wildman–Crippen LogP) is 1.92. The van der Waals surface area contributed by atoms with Crippen LogP contribution in [0.5, 0.6) is 0 Å². The second kappa shape index (κ2) is 17.4. The van der Waals surface area contributed by atoms with Crippen LogP contribution in [0.4, 0.5) is 0 Å². The minimum atomic E-state index is -1.35. The minimum absolute atomic E-state index is 0.0358. The van der Waals surface area contributed by atoms with E-state index in [1.807, 2.05) is 28.7 Å². The Morgan fingerprint density at radius 2 is 1.36 bits per heavy atom. The lowest BCUT2D eigenvalue weighted by atomic mass is 10.00. The van der Waals surface area contributed by atoms with E-state index in [2.05, 4.69) is 10.6 Å². The standard InChI is InChI=1S/C31H35IN2O11/c1-18(35)41-17-24-28(43-19(2)36)29(44-20(3)37)27(32)30(45-24)34-26(39)15-23(31(40)42-16-22-12-8-5-9-13-22)33-25(38)14-21-10-6-4-7-11-21/h4-13,23-24,27-30H,14-17H2,1-3H3,(H,33,38)(H,34,39)/t23?,24-,27+,28-,29-,30+/m1/s1. The molecule has 45 heavy (non-hydrogen) atoms. The monoisotopic (exact) mass is 738 g/mol. The van der Waals surface area contributed by atoms with Gasteiger partial charge in [0.15, 0.2) is 12.2 Å². The Labute approximate surface area is 273 Å². The van der Waals surface area contributed by atoms with E-state index in [9.17, 15) is 28.8 Å². The Balaban J connectivity index is 1.77. The smallest absolute Gasteiger partial charge is 0.329 e. The zero-order valence-electron chi connectivity index (χ0n) is 24.9. The van der Waals surface area contributed by atoms with Crippen molar-refractivity contribution in [2.75, 3.05) is 6.61 Å². The molecule has 2 aromatic carbocycles. The third-order valence-electron chi connectivity index (χ3n) is 6.41. The van der Waals surface area contributed by atoms with Crippen LogP contribution in [0.1, 0.15) is 38.3 Å². The zero-order chi connectivity index (χ0) is 32.9. The van der Waals surface area contributed by atoms with Gasteiger partial charge in [-0.15, -0.1) is 0 Å². The highest BCUT2D eigenvalue weighted by molar-refractivity contribution is 14.1. The molecule has 1 fully saturated rings. The van der Waals surface area contributed by atoms with Gasteiger partial charge in [0.2, 0.25) is 11.8 Å². The summed E-state index contributed by atoms with van der Waals surface area (Å²) in [6, 6.07) is 16.4. The number of esters is 4. The molecule has 2 aromatic rings. The van der Waals surface area contributed by atoms with Crippen LogP contribution < -0.4 is 10.6 Å². The molecule has 0 radical (unpaired) electrons. The Hall–Kier alpha value is -4.05. The molecule has 1 aliphatic rings. The van der Waals surface area contributed by atoms with Crippen LogP contribution in [0, 0.1) is 0 Å². The van der Waals surface area contributed by atoms with Gasteiger partial charge in [-0.3, -0.25) is 24.0 Å². The van der Waals surface area contributed by atoms with E-state index >= 15 is 0 Å². The molecule has 1 saturated heterocycles. The summed E-state index contributed by atoms with van der Waals surface area (Å²) in [4.78, 5) is 74.6. The van der Waals surface area contributed by atoms with Gasteiger partial charge in [-0.2, -0.15) is 0 Å². The average Bonchev–Trinajstić information content (AvgIpc) is 2.98. The number of carbonyl (C=O) groups excluding carboxylic acids is 6. The van der Waals surface area contributed by atoms with Crippen molar-refractivity contribution in [2.45, 2.75) is 74.7 Å². The topological polar surface area (TPSA) is 173 Å². The quantitative estimate of drug-likeness (QED) is 0.133. The predicted molar refractivity (Wildman–Crippen MR) is 165 cm³/mol. The molecule has 0 aliphatic carbocycles. The van der Waals surface area contributed by atoms with Crippen molar-refractivity contribution in [3.63, 3.8) is 0 Å². The molecule has 1 heterocycles. The highest BCUT2D eigenvalue weighted by atomic mass is 127. The van der Waals surface area contributed by atoms with Gasteiger partial charge in [-0.1, -0.05) is 83.3 Å². The van der Waals surface area contributed by atoms with Crippen molar-refractivity contribution in [1.82, 2.24) is 10.6 Å². The number of rotatable bonds is 13. The number of nitrogens with one attached hydrogen (secondary N) is 2. The van der Waals surface area contributed by atoms with Gasteiger partial charge in [0.05, 0.1) is 16.8 Å². The summed E-state index contributed by atoms with van der Waals surface area (Å²) in [5.74, 6) is -4.04. The van der Waals surface area contributed by atoms with Crippen molar-refractivity contribution >= 4 is 58.3 Å². The number of amides is 2. The largest absolute Gasteiger partial charge is 0.463 e. The van der Waals surface area contributed by atoms with Crippen molar-refractivity contribution in [2.24, 2.45) is 0 Å². The zero-order valence-corrected chi connectivity index (χ0v) is 27.1. The van der Waals surface area contributed by atoms with E-state index < -0.39 is 76.6 Å². The number of halogens is 1. The van der Waals surface area contributed by atoms with E-state index in [0.29, 0.717) is 11.1 Å². The number of hydrogen-bond acceptors (Lipinski definition) is 11. The molecule has 1 unspecified atom stereocenters. The number of ether oxygens (including phenoxy) is 5. The Morgan fingerprint density at radius 3 is 1.93 bits per heavy atom. The van der Waals surface area contributed by atoms with Crippen LogP contribution in [-0.4, -0.2) is 76.8 Å². The average molecular weight is 739 g/mol. The molecule has 242 valence electrons. The molecular formula is C31H35IN2O11. The molecule has 13 nitrogen and oxygen atoms in total. The maximum atomic E-state index is 13.3. The van der Waals surface area contributed by atoms with Gasteiger partial charge in [0.1, 0.15) is 31.6 Å². The van der Waals surface area contributed by atoms with Crippen LogP contribution in [0.15, 0.2) is 60.7 Å². The first-order valence-electron chi connectivity index (χ1n) is 14.0. The lowest BCUT2D eigenvalue weighted by Crippen LogP contribution is -2.63. The van der Waals surface area contributed by atoms with Crippen LogP contribution in [-0.2, 0) is 65.5 Å². The van der Waals surface area contributed by atoms with Gasteiger partial charge < -0.3 is 34.3 Å². The molecule has 0 spiro atoms. The SMILES string of the molecule is CC(=O)OC[C@H]1O[C@H](NC(=O)CC(NC(=O)Cc2ccccc2)C(=O)OCc2ccccc2)[C@@H](I)[C@@H](OC(C)=O)[C@@H]1OC(C)=O. The molecule has 0 saturated carbocycles. The van der Waals surface area contributed by atoms with Crippen molar-refractivity contribution < 1.29 is 52.5 Å². The van der Waals surface area contributed by atoms with Gasteiger partial charge in [0.25, 0.3) is 0 Å². The third kappa shape index (κ3) is 11.8. The van der Waals surface area contributed by atoms with Crippen LogP contribution in [0.2, 0.25) is 0 Å². The molecule has 1 aliphatic heterocycles. The highest BCUT2D eigenvalue weighted by Crippen LogP contribution is 2.31. The first kappa shape index (κ1) is 35.4. The van der Waals surface area contributed by atoms with Gasteiger partial charge in [-0.25, -0.2) is 4.79 Å². The summed E-state index contributed by atoms with van der Waals surface area (Å²) >= 11 is 1.88. The summed E-state index contributed by atoms with van der Waals surface area (Å²) in [6.07, 6.45) is -5.06. The second-order valence-electron chi connectivity index (χ2n) is 10.1. The first-order chi connectivity index (χ1) is 21.4. The Kier molecular flexibility index (Phi) is 13.7. The highest BCUT2D eigenvalue weighted by Gasteiger charge is 2.50. The van der Waals surface area contributed by atoms with E-state index in [-0.39, 0.29) is 19.6 Å². The van der Waals surface area contributed by atoms with Crippen LogP contribution >= 0.6 is 22.6 Å². The molecule has 0 bridgehead atoms. The number of alkyl halides is 1. The lowest BCUT2D eigenvalue weighted by molar-refractivity contribution is -0.214. The van der Waals surface area contributed by atoms with Gasteiger partial charge in [0, 0.05) is 20.8 Å². The maximum Gasteiger partial charge on any atom is 0.329 e. The Bertz CT molecular complexity index is 1340. The lowest BCUT2D eigenvalue weighted by Gasteiger charge is -2.43. The van der Waals surface area contributed by atoms with E-state index in [1.165, 1.54) is 13.8 Å². The first-order valence-corrected chi connectivity index (χ1v) is 15.3. The summed E-state index contributed by atoms with van der Waals surface area (Å²) in [5, 5.41) is 5.23. The van der Waals surface area contributed by atoms with E-state index in [0.717, 1.165) is 6.92 Å². The van der Waals surface area contributed by atoms with Crippen molar-refractivity contribution in [3.8, 4) is 0 Å². The normalized spacial score (nSPS) is 21.4. The van der Waals surface area contributed by atoms with Crippen LogP contribution in [0.25, 0.3) is 0 Å². The fraction of sp³-hybridized carbons (Fsp3) is 0.419. The minimum Gasteiger partial charge on any atom is -0.463 e.